The van der Waals surface area contributed by atoms with Crippen LogP contribution in [0.4, 0.5) is 0 Å². The summed E-state index contributed by atoms with van der Waals surface area (Å²) in [5.74, 6) is 2.65. The number of methoxy groups -OCH3 is 1. The fourth-order valence-electron chi connectivity index (χ4n) is 5.00. The predicted molar refractivity (Wildman–Crippen MR) is 163 cm³/mol. The minimum atomic E-state index is -0.761. The topological polar surface area (TPSA) is 107 Å². The van der Waals surface area contributed by atoms with Crippen LogP contribution in [0.2, 0.25) is 0 Å². The van der Waals surface area contributed by atoms with Crippen LogP contribution in [0, 0.1) is 0 Å². The highest BCUT2D eigenvalue weighted by Gasteiger charge is 2.31. The number of nitrogens with zero attached hydrogens (tertiary/aromatic N) is 2. The summed E-state index contributed by atoms with van der Waals surface area (Å²) in [6.07, 6.45) is 3.27. The Labute approximate surface area is 257 Å². The Morgan fingerprint density at radius 1 is 0.977 bits per heavy atom. The van der Waals surface area contributed by atoms with Crippen LogP contribution in [-0.2, 0) is 16.1 Å². The summed E-state index contributed by atoms with van der Waals surface area (Å²) >= 11 is 1.25. The van der Waals surface area contributed by atoms with E-state index in [1.807, 2.05) is 62.4 Å². The Balaban J connectivity index is 1.29. The highest BCUT2D eigenvalue weighted by molar-refractivity contribution is 7.07. The van der Waals surface area contributed by atoms with E-state index in [9.17, 15) is 9.59 Å². The first kappa shape index (κ1) is 29.1. The Bertz CT molecular complexity index is 1910. The van der Waals surface area contributed by atoms with E-state index < -0.39 is 12.0 Å². The summed E-state index contributed by atoms with van der Waals surface area (Å²) in [6, 6.07) is 17.8. The third-order valence-corrected chi connectivity index (χ3v) is 8.03. The average molecular weight is 615 g/mol. The maximum absolute atomic E-state index is 13.8. The van der Waals surface area contributed by atoms with Gasteiger partial charge in [0.1, 0.15) is 12.4 Å². The molecule has 3 aromatic carbocycles. The van der Waals surface area contributed by atoms with Gasteiger partial charge in [-0.1, -0.05) is 35.6 Å². The van der Waals surface area contributed by atoms with E-state index in [1.165, 1.54) is 29.2 Å². The van der Waals surface area contributed by atoms with Gasteiger partial charge in [-0.2, -0.15) is 0 Å². The van der Waals surface area contributed by atoms with Crippen molar-refractivity contribution in [1.29, 1.82) is 0 Å². The van der Waals surface area contributed by atoms with Gasteiger partial charge >= 0.3 is 5.97 Å². The molecule has 0 spiro atoms. The van der Waals surface area contributed by atoms with E-state index >= 15 is 0 Å². The molecule has 2 aliphatic heterocycles. The van der Waals surface area contributed by atoms with E-state index in [-0.39, 0.29) is 17.9 Å². The quantitative estimate of drug-likeness (QED) is 0.246. The number of rotatable bonds is 10. The van der Waals surface area contributed by atoms with Crippen molar-refractivity contribution in [3.63, 3.8) is 0 Å². The second kappa shape index (κ2) is 12.7. The van der Waals surface area contributed by atoms with Crippen molar-refractivity contribution in [2.75, 3.05) is 27.1 Å². The number of esters is 1. The van der Waals surface area contributed by atoms with Crippen LogP contribution in [-0.4, -0.2) is 37.7 Å². The molecule has 0 unspecified atom stereocenters. The molecule has 0 saturated heterocycles. The molecule has 44 heavy (non-hydrogen) atoms. The Hall–Kier alpha value is -5.03. The van der Waals surface area contributed by atoms with E-state index in [0.29, 0.717) is 57.7 Å². The van der Waals surface area contributed by atoms with Crippen molar-refractivity contribution in [2.24, 2.45) is 4.99 Å². The second-order valence-corrected chi connectivity index (χ2v) is 10.8. The van der Waals surface area contributed by atoms with Gasteiger partial charge in [0, 0.05) is 6.20 Å². The molecule has 2 aliphatic rings. The highest BCUT2D eigenvalue weighted by Crippen LogP contribution is 2.35. The monoisotopic (exact) mass is 614 g/mol. The molecule has 0 radical (unpaired) electrons. The smallest absolute Gasteiger partial charge is 0.337 e. The molecule has 226 valence electrons. The van der Waals surface area contributed by atoms with Gasteiger partial charge in [0.25, 0.3) is 5.56 Å². The maximum Gasteiger partial charge on any atom is 0.337 e. The lowest BCUT2D eigenvalue weighted by molar-refractivity contribution is -0.136. The molecule has 0 bridgehead atoms. The summed E-state index contributed by atoms with van der Waals surface area (Å²) in [4.78, 5) is 31.6. The average Bonchev–Trinajstić information content (AvgIpc) is 3.64. The van der Waals surface area contributed by atoms with Gasteiger partial charge < -0.3 is 28.4 Å². The molecular formula is C33H30N2O8S. The molecule has 6 rings (SSSR count). The van der Waals surface area contributed by atoms with Crippen LogP contribution in [0.25, 0.3) is 6.08 Å². The zero-order chi connectivity index (χ0) is 30.6. The van der Waals surface area contributed by atoms with Crippen molar-refractivity contribution < 1.29 is 33.2 Å². The van der Waals surface area contributed by atoms with E-state index in [0.717, 1.165) is 16.9 Å². The number of benzene rings is 3. The van der Waals surface area contributed by atoms with Crippen LogP contribution >= 0.6 is 11.3 Å². The van der Waals surface area contributed by atoms with E-state index in [2.05, 4.69) is 4.99 Å². The molecule has 0 saturated carbocycles. The fourth-order valence-corrected chi connectivity index (χ4v) is 5.97. The minimum absolute atomic E-state index is 0.225. The minimum Gasteiger partial charge on any atom is -0.490 e. The van der Waals surface area contributed by atoms with Gasteiger partial charge in [-0.05, 0) is 73.0 Å². The third kappa shape index (κ3) is 5.78. The predicted octanol–water partition coefficient (Wildman–Crippen LogP) is 4.12. The van der Waals surface area contributed by atoms with Gasteiger partial charge in [0.05, 0.1) is 36.5 Å². The zero-order valence-electron chi connectivity index (χ0n) is 24.4. The molecule has 4 aromatic rings. The van der Waals surface area contributed by atoms with Gasteiger partial charge in [-0.3, -0.25) is 9.36 Å². The molecule has 0 aliphatic carbocycles. The first-order valence-electron chi connectivity index (χ1n) is 14.1. The second-order valence-electron chi connectivity index (χ2n) is 9.79. The van der Waals surface area contributed by atoms with Crippen LogP contribution in [0.5, 0.6) is 28.7 Å². The Morgan fingerprint density at radius 3 is 2.52 bits per heavy atom. The third-order valence-electron chi connectivity index (χ3n) is 7.03. The van der Waals surface area contributed by atoms with E-state index in [1.54, 1.807) is 18.2 Å². The molecule has 11 heteroatoms. The summed E-state index contributed by atoms with van der Waals surface area (Å²) in [5.41, 5.74) is 2.40. The molecule has 0 N–H and O–H groups in total. The van der Waals surface area contributed by atoms with Crippen LogP contribution in [0.1, 0.15) is 36.6 Å². The number of thiazole rings is 1. The van der Waals surface area contributed by atoms with Gasteiger partial charge in [-0.15, -0.1) is 0 Å². The zero-order valence-corrected chi connectivity index (χ0v) is 25.2. The van der Waals surface area contributed by atoms with Crippen molar-refractivity contribution in [2.45, 2.75) is 26.5 Å². The van der Waals surface area contributed by atoms with Crippen molar-refractivity contribution in [3.05, 3.63) is 109 Å². The SMILES string of the molecule is CCOc1ccc([C@@H]2C(C(=O)OC)=CN=c3s/c(=C\c4ccc(OCc5ccc6c(c5)OCO6)cc4)c(=O)n32)cc1OCC. The standard InChI is InChI=1S/C33H30N2O8S/c1-4-39-25-13-9-22(16-28(25)40-5-2)30-24(32(37)38-3)17-34-33-35(30)31(36)29(44-33)15-20-6-10-23(11-7-20)41-18-21-8-12-26-27(14-21)43-19-42-26/h6-17,30H,4-5,18-19H2,1-3H3/b29-15-/t30-/m1/s1. The molecule has 0 amide bonds. The van der Waals surface area contributed by atoms with Crippen molar-refractivity contribution >= 4 is 23.4 Å². The van der Waals surface area contributed by atoms with Gasteiger partial charge in [0.15, 0.2) is 27.8 Å². The lowest BCUT2D eigenvalue weighted by Gasteiger charge is -2.23. The number of carbonyl (C=O) groups excluding carboxylic acids is 1. The van der Waals surface area contributed by atoms with Crippen LogP contribution in [0.3, 0.4) is 0 Å². The van der Waals surface area contributed by atoms with Gasteiger partial charge in [0.2, 0.25) is 6.79 Å². The molecular weight excluding hydrogens is 584 g/mol. The van der Waals surface area contributed by atoms with E-state index in [4.69, 9.17) is 28.4 Å². The lowest BCUT2D eigenvalue weighted by atomic mass is 9.97. The molecule has 1 aromatic heterocycles. The summed E-state index contributed by atoms with van der Waals surface area (Å²) in [7, 11) is 1.30. The number of carbonyl (C=O) groups is 1. The summed E-state index contributed by atoms with van der Waals surface area (Å²) in [6.45, 7) is 5.25. The summed E-state index contributed by atoms with van der Waals surface area (Å²) in [5, 5.41) is 0. The highest BCUT2D eigenvalue weighted by atomic mass is 32.1. The Morgan fingerprint density at radius 2 is 1.75 bits per heavy atom. The molecule has 10 nitrogen and oxygen atoms in total. The van der Waals surface area contributed by atoms with Crippen molar-refractivity contribution in [1.82, 2.24) is 4.57 Å². The first-order chi connectivity index (χ1) is 21.5. The largest absolute Gasteiger partial charge is 0.490 e. The number of hydrogen-bond acceptors (Lipinski definition) is 10. The molecule has 3 heterocycles. The number of hydrogen-bond donors (Lipinski definition) is 0. The van der Waals surface area contributed by atoms with Gasteiger partial charge in [-0.25, -0.2) is 9.79 Å². The van der Waals surface area contributed by atoms with Crippen LogP contribution < -0.4 is 38.6 Å². The van der Waals surface area contributed by atoms with Crippen molar-refractivity contribution in [3.8, 4) is 28.7 Å². The Kier molecular flexibility index (Phi) is 8.38. The number of ether oxygens (including phenoxy) is 6. The number of aromatic nitrogens is 1. The molecule has 0 fully saturated rings. The fraction of sp³-hybridized carbons (Fsp3) is 0.242. The summed E-state index contributed by atoms with van der Waals surface area (Å²) < 4.78 is 35.3. The normalized spacial score (nSPS) is 15.2. The first-order valence-corrected chi connectivity index (χ1v) is 14.9. The van der Waals surface area contributed by atoms with Crippen LogP contribution in [0.15, 0.2) is 82.2 Å². The number of fused-ring (bicyclic) bond motifs is 2. The maximum atomic E-state index is 13.8. The lowest BCUT2D eigenvalue weighted by Crippen LogP contribution is -2.39. The molecule has 1 atom stereocenters.